The zero-order chi connectivity index (χ0) is 13.1. The Morgan fingerprint density at radius 3 is 2.06 bits per heavy atom. The van der Waals surface area contributed by atoms with Crippen molar-refractivity contribution < 1.29 is 9.53 Å². The van der Waals surface area contributed by atoms with Gasteiger partial charge in [-0.1, -0.05) is 33.6 Å². The van der Waals surface area contributed by atoms with Gasteiger partial charge in [0.1, 0.15) is 0 Å². The Hall–Kier alpha value is -0.240. The smallest absolute Gasteiger partial charge is 0.312 e. The summed E-state index contributed by atoms with van der Waals surface area (Å²) in [4.78, 5) is 12.2. The number of halogens is 1. The van der Waals surface area contributed by atoms with E-state index in [-0.39, 0.29) is 11.4 Å². The first kappa shape index (κ1) is 16.8. The van der Waals surface area contributed by atoms with E-state index in [2.05, 4.69) is 13.8 Å². The van der Waals surface area contributed by atoms with Crippen molar-refractivity contribution in [3.05, 3.63) is 0 Å². The van der Waals surface area contributed by atoms with Gasteiger partial charge in [0.2, 0.25) is 0 Å². The molecule has 0 rings (SSSR count). The second-order valence-electron chi connectivity index (χ2n) is 4.71. The van der Waals surface area contributed by atoms with Crippen molar-refractivity contribution >= 4 is 17.6 Å². The highest BCUT2D eigenvalue weighted by molar-refractivity contribution is 6.17. The van der Waals surface area contributed by atoms with E-state index in [4.69, 9.17) is 16.3 Å². The molecule has 0 aromatic rings. The second-order valence-corrected chi connectivity index (χ2v) is 5.09. The molecule has 0 aliphatic heterocycles. The number of carbonyl (C=O) groups is 1. The van der Waals surface area contributed by atoms with Crippen LogP contribution in [0, 0.1) is 5.41 Å². The first-order chi connectivity index (χ1) is 8.16. The fourth-order valence-corrected chi connectivity index (χ4v) is 2.52. The van der Waals surface area contributed by atoms with Gasteiger partial charge < -0.3 is 4.74 Å². The van der Waals surface area contributed by atoms with Gasteiger partial charge in [0.15, 0.2) is 0 Å². The third-order valence-electron chi connectivity index (χ3n) is 3.12. The Morgan fingerprint density at radius 2 is 1.65 bits per heavy atom. The Labute approximate surface area is 111 Å². The van der Waals surface area contributed by atoms with Crippen LogP contribution in [0.4, 0.5) is 0 Å². The molecule has 0 spiro atoms. The van der Waals surface area contributed by atoms with Gasteiger partial charge in [-0.15, -0.1) is 11.6 Å². The van der Waals surface area contributed by atoms with Crippen LogP contribution in [0.15, 0.2) is 0 Å². The lowest BCUT2D eigenvalue weighted by Gasteiger charge is -2.31. The zero-order valence-corrected chi connectivity index (χ0v) is 12.3. The summed E-state index contributed by atoms with van der Waals surface area (Å²) in [5, 5.41) is 0. The molecule has 0 saturated heterocycles. The number of hydrogen-bond donors (Lipinski definition) is 0. The lowest BCUT2D eigenvalue weighted by molar-refractivity contribution is -0.157. The number of esters is 1. The molecule has 0 unspecified atom stereocenters. The number of hydrogen-bond acceptors (Lipinski definition) is 2. The van der Waals surface area contributed by atoms with E-state index in [1.165, 1.54) is 0 Å². The molecule has 0 aromatic carbocycles. The lowest BCUT2D eigenvalue weighted by Crippen LogP contribution is -2.33. The van der Waals surface area contributed by atoms with Crippen LogP contribution in [0.1, 0.15) is 65.7 Å². The van der Waals surface area contributed by atoms with Crippen LogP contribution in [0.5, 0.6) is 0 Å². The summed E-state index contributed by atoms with van der Waals surface area (Å²) in [5.41, 5.74) is -0.284. The van der Waals surface area contributed by atoms with Crippen LogP contribution in [0.2, 0.25) is 0 Å². The van der Waals surface area contributed by atoms with E-state index in [1.807, 2.05) is 6.92 Å². The molecule has 0 radical (unpaired) electrons. The number of carbonyl (C=O) groups excluding carboxylic acids is 1. The van der Waals surface area contributed by atoms with Crippen LogP contribution in [0.3, 0.4) is 0 Å². The van der Waals surface area contributed by atoms with E-state index in [0.29, 0.717) is 12.5 Å². The van der Waals surface area contributed by atoms with Gasteiger partial charge >= 0.3 is 5.97 Å². The number of ether oxygens (including phenoxy) is 1. The zero-order valence-electron chi connectivity index (χ0n) is 11.6. The van der Waals surface area contributed by atoms with Crippen molar-refractivity contribution in [2.24, 2.45) is 5.41 Å². The topological polar surface area (TPSA) is 26.3 Å². The Kier molecular flexibility index (Phi) is 9.62. The molecule has 102 valence electrons. The number of alkyl halides is 1. The molecule has 0 aliphatic rings. The molecule has 0 aliphatic carbocycles. The fraction of sp³-hybridized carbons (Fsp3) is 0.929. The van der Waals surface area contributed by atoms with Gasteiger partial charge in [-0.3, -0.25) is 4.79 Å². The average Bonchev–Trinajstić information content (AvgIpc) is 2.33. The van der Waals surface area contributed by atoms with Crippen molar-refractivity contribution in [1.29, 1.82) is 0 Å². The highest BCUT2D eigenvalue weighted by Crippen LogP contribution is 2.36. The highest BCUT2D eigenvalue weighted by atomic mass is 35.5. The van der Waals surface area contributed by atoms with Crippen molar-refractivity contribution in [2.45, 2.75) is 65.7 Å². The Balaban J connectivity index is 4.66. The van der Waals surface area contributed by atoms with Crippen LogP contribution in [-0.4, -0.2) is 18.5 Å². The second kappa shape index (κ2) is 9.76. The van der Waals surface area contributed by atoms with E-state index in [9.17, 15) is 4.79 Å². The largest absolute Gasteiger partial charge is 0.465 e. The first-order valence-corrected chi connectivity index (χ1v) is 7.43. The average molecular weight is 263 g/mol. The van der Waals surface area contributed by atoms with Gasteiger partial charge in [0.25, 0.3) is 0 Å². The third-order valence-corrected chi connectivity index (χ3v) is 3.38. The first-order valence-electron chi connectivity index (χ1n) is 6.90. The third kappa shape index (κ3) is 5.76. The molecule has 0 heterocycles. The summed E-state index contributed by atoms with van der Waals surface area (Å²) in [6.07, 6.45) is 6.51. The molecule has 0 amide bonds. The Bertz CT molecular complexity index is 198. The molecule has 0 fully saturated rings. The molecular weight excluding hydrogens is 236 g/mol. The van der Waals surface area contributed by atoms with Gasteiger partial charge in [0, 0.05) is 5.88 Å². The van der Waals surface area contributed by atoms with Crippen LogP contribution < -0.4 is 0 Å². The van der Waals surface area contributed by atoms with Crippen molar-refractivity contribution in [3.63, 3.8) is 0 Å². The fourth-order valence-electron chi connectivity index (χ4n) is 2.39. The summed E-state index contributed by atoms with van der Waals surface area (Å²) >= 11 is 5.76. The normalized spacial score (nSPS) is 11.5. The SMILES string of the molecule is CCCOC(=O)C(CCC)(CCC)CCCCl. The predicted octanol–water partition coefficient (Wildman–Crippen LogP) is 4.55. The maximum absolute atomic E-state index is 12.2. The Morgan fingerprint density at radius 1 is 1.06 bits per heavy atom. The minimum atomic E-state index is -0.284. The minimum Gasteiger partial charge on any atom is -0.465 e. The van der Waals surface area contributed by atoms with Crippen LogP contribution in [0.25, 0.3) is 0 Å². The molecule has 2 nitrogen and oxygen atoms in total. The van der Waals surface area contributed by atoms with Crippen molar-refractivity contribution in [2.75, 3.05) is 12.5 Å². The summed E-state index contributed by atoms with van der Waals surface area (Å²) in [6, 6.07) is 0. The van der Waals surface area contributed by atoms with E-state index in [0.717, 1.165) is 44.9 Å². The molecule has 0 saturated carbocycles. The predicted molar refractivity (Wildman–Crippen MR) is 73.5 cm³/mol. The molecular formula is C14H27ClO2. The monoisotopic (exact) mass is 262 g/mol. The lowest BCUT2D eigenvalue weighted by atomic mass is 9.75. The van der Waals surface area contributed by atoms with E-state index in [1.54, 1.807) is 0 Å². The minimum absolute atomic E-state index is 0.00633. The summed E-state index contributed by atoms with van der Waals surface area (Å²) in [5.74, 6) is 0.615. The molecule has 0 N–H and O–H groups in total. The van der Waals surface area contributed by atoms with Crippen LogP contribution >= 0.6 is 11.6 Å². The maximum Gasteiger partial charge on any atom is 0.312 e. The molecule has 0 bridgehead atoms. The molecule has 0 atom stereocenters. The number of rotatable bonds is 10. The highest BCUT2D eigenvalue weighted by Gasteiger charge is 2.37. The summed E-state index contributed by atoms with van der Waals surface area (Å²) in [7, 11) is 0. The van der Waals surface area contributed by atoms with E-state index < -0.39 is 0 Å². The molecule has 0 aromatic heterocycles. The van der Waals surface area contributed by atoms with Crippen LogP contribution in [-0.2, 0) is 9.53 Å². The van der Waals surface area contributed by atoms with Gasteiger partial charge in [-0.2, -0.15) is 0 Å². The van der Waals surface area contributed by atoms with Crippen molar-refractivity contribution in [3.8, 4) is 0 Å². The standard InChI is InChI=1S/C14H27ClO2/c1-4-8-14(9-5-2,10-7-11-15)13(16)17-12-6-3/h4-12H2,1-3H3. The van der Waals surface area contributed by atoms with E-state index >= 15 is 0 Å². The quantitative estimate of drug-likeness (QED) is 0.427. The van der Waals surface area contributed by atoms with Gasteiger partial charge in [-0.25, -0.2) is 0 Å². The molecule has 17 heavy (non-hydrogen) atoms. The van der Waals surface area contributed by atoms with Gasteiger partial charge in [0.05, 0.1) is 12.0 Å². The maximum atomic E-state index is 12.2. The summed E-state index contributed by atoms with van der Waals surface area (Å²) < 4.78 is 5.38. The van der Waals surface area contributed by atoms with Crippen molar-refractivity contribution in [1.82, 2.24) is 0 Å². The van der Waals surface area contributed by atoms with Gasteiger partial charge in [-0.05, 0) is 32.1 Å². The summed E-state index contributed by atoms with van der Waals surface area (Å²) in [6.45, 7) is 6.80. The molecule has 3 heteroatoms.